The normalized spacial score (nSPS) is 15.6. The molecule has 1 atom stereocenters. The molecule has 0 bridgehead atoms. The predicted molar refractivity (Wildman–Crippen MR) is 104 cm³/mol. The number of aryl methyl sites for hydroxylation is 2. The van der Waals surface area contributed by atoms with Crippen molar-refractivity contribution < 1.29 is 10.2 Å². The molecule has 1 aromatic heterocycles. The maximum Gasteiger partial charge on any atom is 0.0890 e. The number of fused-ring (bicyclic) bond motifs is 2. The maximum atomic E-state index is 8.97. The number of nitrogens with one attached hydrogen (secondary N) is 1. The number of hydrogen-bond acceptors (Lipinski definition) is 5. The Kier molecular flexibility index (Phi) is 5.81. The van der Waals surface area contributed by atoms with E-state index < -0.39 is 0 Å². The Labute approximate surface area is 153 Å². The van der Waals surface area contributed by atoms with Crippen molar-refractivity contribution >= 4 is 16.7 Å². The van der Waals surface area contributed by atoms with Crippen molar-refractivity contribution in [1.29, 1.82) is 0 Å². The molecule has 0 amide bonds. The van der Waals surface area contributed by atoms with Gasteiger partial charge in [0.2, 0.25) is 0 Å². The van der Waals surface area contributed by atoms with Crippen LogP contribution in [0.1, 0.15) is 35.7 Å². The van der Waals surface area contributed by atoms with Crippen LogP contribution in [0.4, 0.5) is 5.69 Å². The standard InChI is InChI=1S/C11H15NO.C10H10N2O/c1-8-2-4-10-6-9(7-13)3-5-11(10)12-8;1-7-5-11-10-4-8(6-13)2-3-9(10)12-7/h3,5-6,8,12-13H,2,4,7H2,1H3;2-5,13H,6H2,1H3/t8-;/m0./s1. The summed E-state index contributed by atoms with van der Waals surface area (Å²) in [5.41, 5.74) is 7.06. The SMILES string of the molecule is C[C@H]1CCc2cc(CO)ccc2N1.Cc1cnc2cc(CO)ccc2n1. The van der Waals surface area contributed by atoms with E-state index in [4.69, 9.17) is 10.2 Å². The van der Waals surface area contributed by atoms with Crippen molar-refractivity contribution in [2.24, 2.45) is 0 Å². The Morgan fingerprint density at radius 3 is 2.54 bits per heavy atom. The number of benzene rings is 2. The van der Waals surface area contributed by atoms with Gasteiger partial charge in [0.25, 0.3) is 0 Å². The minimum atomic E-state index is 0.0471. The van der Waals surface area contributed by atoms with Gasteiger partial charge < -0.3 is 15.5 Å². The minimum Gasteiger partial charge on any atom is -0.392 e. The molecule has 136 valence electrons. The average molecular weight is 351 g/mol. The van der Waals surface area contributed by atoms with E-state index in [0.29, 0.717) is 6.04 Å². The highest BCUT2D eigenvalue weighted by Gasteiger charge is 2.13. The lowest BCUT2D eigenvalue weighted by Gasteiger charge is -2.24. The van der Waals surface area contributed by atoms with E-state index in [0.717, 1.165) is 34.3 Å². The zero-order valence-electron chi connectivity index (χ0n) is 15.2. The van der Waals surface area contributed by atoms with Crippen LogP contribution < -0.4 is 5.32 Å². The average Bonchev–Trinajstić information content (AvgIpc) is 2.67. The Balaban J connectivity index is 0.000000151. The highest BCUT2D eigenvalue weighted by Crippen LogP contribution is 2.25. The second-order valence-electron chi connectivity index (χ2n) is 6.73. The third-order valence-corrected chi connectivity index (χ3v) is 4.51. The van der Waals surface area contributed by atoms with E-state index in [9.17, 15) is 0 Å². The minimum absolute atomic E-state index is 0.0471. The number of anilines is 1. The van der Waals surface area contributed by atoms with Gasteiger partial charge in [-0.2, -0.15) is 0 Å². The highest BCUT2D eigenvalue weighted by molar-refractivity contribution is 5.74. The number of aliphatic hydroxyl groups excluding tert-OH is 2. The molecule has 4 rings (SSSR count). The van der Waals surface area contributed by atoms with Gasteiger partial charge in [-0.15, -0.1) is 0 Å². The molecule has 0 saturated heterocycles. The van der Waals surface area contributed by atoms with Gasteiger partial charge in [0, 0.05) is 17.9 Å². The van der Waals surface area contributed by atoms with Gasteiger partial charge in [0.05, 0.1) is 29.9 Å². The summed E-state index contributed by atoms with van der Waals surface area (Å²) in [6.45, 7) is 4.30. The molecule has 3 N–H and O–H groups in total. The van der Waals surface area contributed by atoms with Crippen molar-refractivity contribution in [3.8, 4) is 0 Å². The van der Waals surface area contributed by atoms with Crippen molar-refractivity contribution in [3.63, 3.8) is 0 Å². The van der Waals surface area contributed by atoms with Gasteiger partial charge in [-0.1, -0.05) is 18.2 Å². The monoisotopic (exact) mass is 351 g/mol. The first kappa shape index (κ1) is 18.3. The summed E-state index contributed by atoms with van der Waals surface area (Å²) in [6, 6.07) is 12.3. The van der Waals surface area contributed by atoms with Gasteiger partial charge in [-0.05, 0) is 61.6 Å². The fourth-order valence-electron chi connectivity index (χ4n) is 3.05. The first-order chi connectivity index (χ1) is 12.6. The van der Waals surface area contributed by atoms with Gasteiger partial charge in [-0.25, -0.2) is 4.98 Å². The smallest absolute Gasteiger partial charge is 0.0890 e. The molecule has 0 fully saturated rings. The van der Waals surface area contributed by atoms with Crippen LogP contribution >= 0.6 is 0 Å². The van der Waals surface area contributed by atoms with Crippen molar-refractivity contribution in [3.05, 3.63) is 65.0 Å². The lowest BCUT2D eigenvalue weighted by Crippen LogP contribution is -2.21. The quantitative estimate of drug-likeness (QED) is 0.660. The summed E-state index contributed by atoms with van der Waals surface area (Å²) in [5.74, 6) is 0. The van der Waals surface area contributed by atoms with Gasteiger partial charge >= 0.3 is 0 Å². The van der Waals surface area contributed by atoms with Crippen LogP contribution in [-0.2, 0) is 19.6 Å². The molecule has 3 aromatic rings. The molecule has 0 radical (unpaired) electrons. The summed E-state index contributed by atoms with van der Waals surface area (Å²) < 4.78 is 0. The first-order valence-electron chi connectivity index (χ1n) is 8.91. The molecule has 26 heavy (non-hydrogen) atoms. The van der Waals surface area contributed by atoms with Crippen LogP contribution in [0.5, 0.6) is 0 Å². The van der Waals surface area contributed by atoms with Crippen molar-refractivity contribution in [1.82, 2.24) is 9.97 Å². The van der Waals surface area contributed by atoms with Crippen molar-refractivity contribution in [2.45, 2.75) is 45.9 Å². The van der Waals surface area contributed by atoms with E-state index in [1.54, 1.807) is 6.20 Å². The molecule has 0 spiro atoms. The van der Waals surface area contributed by atoms with E-state index in [2.05, 4.69) is 34.3 Å². The fraction of sp³-hybridized carbons (Fsp3) is 0.333. The van der Waals surface area contributed by atoms with Gasteiger partial charge in [0.1, 0.15) is 0 Å². The van der Waals surface area contributed by atoms with Crippen LogP contribution in [0.25, 0.3) is 11.0 Å². The zero-order chi connectivity index (χ0) is 18.5. The number of hydrogen-bond donors (Lipinski definition) is 3. The number of aromatic nitrogens is 2. The second kappa shape index (κ2) is 8.25. The molecular formula is C21H25N3O2. The third kappa shape index (κ3) is 4.36. The molecular weight excluding hydrogens is 326 g/mol. The largest absolute Gasteiger partial charge is 0.392 e. The predicted octanol–water partition coefficient (Wildman–Crippen LogP) is 3.36. The van der Waals surface area contributed by atoms with Gasteiger partial charge in [0.15, 0.2) is 0 Å². The van der Waals surface area contributed by atoms with E-state index in [-0.39, 0.29) is 13.2 Å². The van der Waals surface area contributed by atoms with Crippen molar-refractivity contribution in [2.75, 3.05) is 5.32 Å². The van der Waals surface area contributed by atoms with Gasteiger partial charge in [-0.3, -0.25) is 4.98 Å². The number of nitrogens with zero attached hydrogens (tertiary/aromatic N) is 2. The molecule has 5 nitrogen and oxygen atoms in total. The van der Waals surface area contributed by atoms with Crippen LogP contribution in [0, 0.1) is 6.92 Å². The summed E-state index contributed by atoms with van der Waals surface area (Å²) in [6.07, 6.45) is 4.03. The second-order valence-corrected chi connectivity index (χ2v) is 6.73. The first-order valence-corrected chi connectivity index (χ1v) is 8.91. The van der Waals surface area contributed by atoms with E-state index >= 15 is 0 Å². The summed E-state index contributed by atoms with van der Waals surface area (Å²) in [4.78, 5) is 8.52. The lowest BCUT2D eigenvalue weighted by atomic mass is 9.97. The third-order valence-electron chi connectivity index (χ3n) is 4.51. The molecule has 0 aliphatic carbocycles. The zero-order valence-corrected chi connectivity index (χ0v) is 15.2. The molecule has 0 saturated carbocycles. The molecule has 5 heteroatoms. The van der Waals surface area contributed by atoms with Crippen LogP contribution in [0.15, 0.2) is 42.6 Å². The van der Waals surface area contributed by atoms with Crippen LogP contribution in [0.3, 0.4) is 0 Å². The molecule has 1 aliphatic heterocycles. The molecule has 2 heterocycles. The highest BCUT2D eigenvalue weighted by atomic mass is 16.3. The number of rotatable bonds is 2. The Morgan fingerprint density at radius 2 is 1.77 bits per heavy atom. The molecule has 0 unspecified atom stereocenters. The Morgan fingerprint density at radius 1 is 1.04 bits per heavy atom. The molecule has 1 aliphatic rings. The van der Waals surface area contributed by atoms with Crippen LogP contribution in [0.2, 0.25) is 0 Å². The number of aliphatic hydroxyl groups is 2. The topological polar surface area (TPSA) is 78.3 Å². The molecule has 2 aromatic carbocycles. The summed E-state index contributed by atoms with van der Waals surface area (Å²) in [5, 5.41) is 21.3. The Bertz CT molecular complexity index is 896. The summed E-state index contributed by atoms with van der Waals surface area (Å²) in [7, 11) is 0. The summed E-state index contributed by atoms with van der Waals surface area (Å²) >= 11 is 0. The van der Waals surface area contributed by atoms with E-state index in [1.165, 1.54) is 17.7 Å². The van der Waals surface area contributed by atoms with E-state index in [1.807, 2.05) is 31.2 Å². The Hall–Kier alpha value is -2.50. The lowest BCUT2D eigenvalue weighted by molar-refractivity contribution is 0.281. The maximum absolute atomic E-state index is 8.97. The van der Waals surface area contributed by atoms with Crippen LogP contribution in [-0.4, -0.2) is 26.2 Å². The fourth-order valence-corrected chi connectivity index (χ4v) is 3.05.